The maximum Gasteiger partial charge on any atom is 0.164 e. The highest BCUT2D eigenvalue weighted by Crippen LogP contribution is 2.40. The van der Waals surface area contributed by atoms with Crippen molar-refractivity contribution < 1.29 is 4.39 Å². The Morgan fingerprint density at radius 2 is 2.40 bits per heavy atom. The number of hydrogen-bond acceptors (Lipinski definition) is 1. The molecule has 0 aromatic carbocycles. The van der Waals surface area contributed by atoms with Gasteiger partial charge in [0.2, 0.25) is 0 Å². The van der Waals surface area contributed by atoms with E-state index in [2.05, 4.69) is 5.10 Å². The maximum absolute atomic E-state index is 12.8. The number of rotatable bonds is 1. The van der Waals surface area contributed by atoms with Crippen molar-refractivity contribution in [3.8, 4) is 0 Å². The summed E-state index contributed by atoms with van der Waals surface area (Å²) in [6.45, 7) is 0. The van der Waals surface area contributed by atoms with Crippen molar-refractivity contribution >= 4 is 0 Å². The number of aromatic nitrogens is 2. The molecule has 1 aromatic rings. The molecule has 1 fully saturated rings. The molecule has 0 radical (unpaired) electrons. The molecule has 0 spiro atoms. The van der Waals surface area contributed by atoms with Gasteiger partial charge in [-0.15, -0.1) is 0 Å². The van der Waals surface area contributed by atoms with E-state index < -0.39 is 0 Å². The Hall–Kier alpha value is -0.860. The number of halogens is 1. The van der Waals surface area contributed by atoms with Crippen molar-refractivity contribution in [2.24, 2.45) is 7.05 Å². The lowest BCUT2D eigenvalue weighted by atomic mass is 10.3. The highest BCUT2D eigenvalue weighted by molar-refractivity contribution is 5.15. The van der Waals surface area contributed by atoms with Crippen LogP contribution in [0.15, 0.2) is 6.20 Å². The third-order valence-corrected chi connectivity index (χ3v) is 1.90. The second kappa shape index (κ2) is 1.81. The van der Waals surface area contributed by atoms with Crippen LogP contribution in [0.4, 0.5) is 4.39 Å². The molecule has 0 N–H and O–H groups in total. The number of aryl methyl sites for hydroxylation is 1. The summed E-state index contributed by atoms with van der Waals surface area (Å²) >= 11 is 0. The topological polar surface area (TPSA) is 17.8 Å². The van der Waals surface area contributed by atoms with Gasteiger partial charge in [0.15, 0.2) is 5.82 Å². The van der Waals surface area contributed by atoms with Gasteiger partial charge in [-0.25, -0.2) is 4.39 Å². The minimum atomic E-state index is -0.148. The van der Waals surface area contributed by atoms with Gasteiger partial charge in [-0.05, 0) is 12.8 Å². The number of hydrogen-bond donors (Lipinski definition) is 0. The molecule has 2 nitrogen and oxygen atoms in total. The quantitative estimate of drug-likeness (QED) is 0.577. The lowest BCUT2D eigenvalue weighted by Crippen LogP contribution is -1.96. The zero-order valence-corrected chi connectivity index (χ0v) is 5.84. The Labute approximate surface area is 58.7 Å². The van der Waals surface area contributed by atoms with Crippen LogP contribution in [0, 0.1) is 5.82 Å². The van der Waals surface area contributed by atoms with Gasteiger partial charge in [0.05, 0.1) is 11.9 Å². The molecule has 1 saturated carbocycles. The Kier molecular flexibility index (Phi) is 1.07. The summed E-state index contributed by atoms with van der Waals surface area (Å²) in [4.78, 5) is 0. The van der Waals surface area contributed by atoms with Gasteiger partial charge < -0.3 is 0 Å². The predicted octanol–water partition coefficient (Wildman–Crippen LogP) is 1.44. The van der Waals surface area contributed by atoms with Crippen molar-refractivity contribution in [2.45, 2.75) is 18.8 Å². The molecule has 0 saturated heterocycles. The van der Waals surface area contributed by atoms with E-state index in [1.807, 2.05) is 0 Å². The third kappa shape index (κ3) is 0.735. The van der Waals surface area contributed by atoms with Crippen LogP contribution in [0.25, 0.3) is 0 Å². The summed E-state index contributed by atoms with van der Waals surface area (Å²) in [5.74, 6) is 0.303. The van der Waals surface area contributed by atoms with Crippen molar-refractivity contribution in [1.82, 2.24) is 9.78 Å². The highest BCUT2D eigenvalue weighted by Gasteiger charge is 2.29. The van der Waals surface area contributed by atoms with Crippen LogP contribution in [0.3, 0.4) is 0 Å². The minimum absolute atomic E-state index is 0.148. The van der Waals surface area contributed by atoms with Crippen LogP contribution < -0.4 is 0 Å². The molecular formula is C7H9FN2. The molecule has 1 heterocycles. The van der Waals surface area contributed by atoms with E-state index in [0.717, 1.165) is 18.5 Å². The summed E-state index contributed by atoms with van der Waals surface area (Å²) in [5.41, 5.74) is 0.778. The fourth-order valence-corrected chi connectivity index (χ4v) is 1.24. The van der Waals surface area contributed by atoms with Crippen LogP contribution in [-0.2, 0) is 7.05 Å². The maximum atomic E-state index is 12.8. The van der Waals surface area contributed by atoms with Crippen LogP contribution in [0.2, 0.25) is 0 Å². The smallest absolute Gasteiger partial charge is 0.164 e. The van der Waals surface area contributed by atoms with E-state index in [0.29, 0.717) is 5.92 Å². The van der Waals surface area contributed by atoms with Crippen molar-refractivity contribution in [3.63, 3.8) is 0 Å². The molecular weight excluding hydrogens is 131 g/mol. The molecule has 0 unspecified atom stereocenters. The molecule has 1 aliphatic rings. The first-order valence-electron chi connectivity index (χ1n) is 3.46. The van der Waals surface area contributed by atoms with Gasteiger partial charge >= 0.3 is 0 Å². The summed E-state index contributed by atoms with van der Waals surface area (Å²) in [6, 6.07) is 0. The number of nitrogens with zero attached hydrogens (tertiary/aromatic N) is 2. The predicted molar refractivity (Wildman–Crippen MR) is 35.1 cm³/mol. The molecule has 0 bridgehead atoms. The first kappa shape index (κ1) is 5.89. The largest absolute Gasteiger partial charge is 0.269 e. The second-order valence-electron chi connectivity index (χ2n) is 2.78. The first-order chi connectivity index (χ1) is 4.79. The molecule has 10 heavy (non-hydrogen) atoms. The minimum Gasteiger partial charge on any atom is -0.269 e. The fraction of sp³-hybridized carbons (Fsp3) is 0.571. The normalized spacial score (nSPS) is 17.8. The zero-order valence-electron chi connectivity index (χ0n) is 5.84. The summed E-state index contributed by atoms with van der Waals surface area (Å²) < 4.78 is 14.4. The molecule has 54 valence electrons. The average Bonchev–Trinajstić information content (AvgIpc) is 2.64. The van der Waals surface area contributed by atoms with Gasteiger partial charge in [0, 0.05) is 13.0 Å². The Bertz CT molecular complexity index is 231. The average molecular weight is 140 g/mol. The van der Waals surface area contributed by atoms with Crippen molar-refractivity contribution in [2.75, 3.05) is 0 Å². The van der Waals surface area contributed by atoms with Gasteiger partial charge in [-0.3, -0.25) is 4.68 Å². The third-order valence-electron chi connectivity index (χ3n) is 1.90. The fourth-order valence-electron chi connectivity index (χ4n) is 1.24. The monoisotopic (exact) mass is 140 g/mol. The van der Waals surface area contributed by atoms with Gasteiger partial charge in [0.25, 0.3) is 0 Å². The van der Waals surface area contributed by atoms with Crippen molar-refractivity contribution in [3.05, 3.63) is 17.7 Å². The van der Waals surface area contributed by atoms with Crippen LogP contribution in [0.1, 0.15) is 24.5 Å². The van der Waals surface area contributed by atoms with E-state index in [1.54, 1.807) is 11.7 Å². The van der Waals surface area contributed by atoms with Gasteiger partial charge in [-0.1, -0.05) is 0 Å². The Balaban J connectivity index is 2.44. The summed E-state index contributed by atoms with van der Waals surface area (Å²) in [7, 11) is 1.79. The zero-order chi connectivity index (χ0) is 7.14. The lowest BCUT2D eigenvalue weighted by Gasteiger charge is -1.96. The molecule has 3 heteroatoms. The van der Waals surface area contributed by atoms with Gasteiger partial charge in [0.1, 0.15) is 0 Å². The summed E-state index contributed by atoms with van der Waals surface area (Å²) in [5, 5.41) is 3.82. The van der Waals surface area contributed by atoms with Crippen LogP contribution >= 0.6 is 0 Å². The van der Waals surface area contributed by atoms with E-state index in [1.165, 1.54) is 6.20 Å². The SMILES string of the molecule is Cn1ncc(F)c1C1CC1. The van der Waals surface area contributed by atoms with E-state index >= 15 is 0 Å². The van der Waals surface area contributed by atoms with E-state index in [-0.39, 0.29) is 5.82 Å². The molecule has 1 aromatic heterocycles. The molecule has 0 aliphatic heterocycles. The molecule has 1 aliphatic carbocycles. The standard InChI is InChI=1S/C7H9FN2/c1-10-7(5-2-3-5)6(8)4-9-10/h4-5H,2-3H2,1H3. The Morgan fingerprint density at radius 3 is 2.80 bits per heavy atom. The lowest BCUT2D eigenvalue weighted by molar-refractivity contribution is 0.597. The summed E-state index contributed by atoms with van der Waals surface area (Å²) in [6.07, 6.45) is 3.53. The Morgan fingerprint density at radius 1 is 1.70 bits per heavy atom. The van der Waals surface area contributed by atoms with E-state index in [9.17, 15) is 4.39 Å². The molecule has 0 amide bonds. The second-order valence-corrected chi connectivity index (χ2v) is 2.78. The van der Waals surface area contributed by atoms with Crippen LogP contribution in [-0.4, -0.2) is 9.78 Å². The van der Waals surface area contributed by atoms with Crippen molar-refractivity contribution in [1.29, 1.82) is 0 Å². The first-order valence-corrected chi connectivity index (χ1v) is 3.46. The molecule has 0 atom stereocenters. The van der Waals surface area contributed by atoms with Crippen LogP contribution in [0.5, 0.6) is 0 Å². The highest BCUT2D eigenvalue weighted by atomic mass is 19.1. The molecule has 2 rings (SSSR count). The van der Waals surface area contributed by atoms with Gasteiger partial charge in [-0.2, -0.15) is 5.10 Å². The van der Waals surface area contributed by atoms with E-state index in [4.69, 9.17) is 0 Å².